The van der Waals surface area contributed by atoms with E-state index in [4.69, 9.17) is 9.05 Å². The summed E-state index contributed by atoms with van der Waals surface area (Å²) in [7, 11) is 1.03. The first-order chi connectivity index (χ1) is 7.08. The monoisotopic (exact) mass is 266 g/mol. The molecule has 2 nitrogen and oxygen atoms in total. The van der Waals surface area contributed by atoms with E-state index >= 15 is 0 Å². The summed E-state index contributed by atoms with van der Waals surface area (Å²) in [6.07, 6.45) is 0.293. The van der Waals surface area contributed by atoms with Crippen LogP contribution in [-0.4, -0.2) is 22.5 Å². The molecule has 0 aliphatic carbocycles. The summed E-state index contributed by atoms with van der Waals surface area (Å²) >= 11 is 0. The van der Waals surface area contributed by atoms with Crippen LogP contribution in [0, 0.1) is 0 Å². The van der Waals surface area contributed by atoms with Crippen molar-refractivity contribution in [2.45, 2.75) is 77.9 Å². The van der Waals surface area contributed by atoms with Crippen LogP contribution in [0.5, 0.6) is 0 Å². The molecule has 0 rings (SSSR count). The molecule has 0 saturated carbocycles. The summed E-state index contributed by atoms with van der Waals surface area (Å²) in [5.41, 5.74) is 0.465. The molecule has 0 aliphatic rings. The topological polar surface area (TPSA) is 18.5 Å². The molecule has 16 heavy (non-hydrogen) atoms. The Labute approximate surface area is 105 Å². The molecule has 0 spiro atoms. The molecule has 0 heterocycles. The van der Waals surface area contributed by atoms with Crippen LogP contribution >= 0.6 is 17.6 Å². The fourth-order valence-corrected chi connectivity index (χ4v) is 2.50. The minimum absolute atomic E-state index is 0.0547. The van der Waals surface area contributed by atoms with Crippen LogP contribution in [0.3, 0.4) is 0 Å². The predicted molar refractivity (Wildman–Crippen MR) is 77.2 cm³/mol. The lowest BCUT2D eigenvalue weighted by atomic mass is 9.94. The molecule has 0 aromatic carbocycles. The van der Waals surface area contributed by atoms with Crippen LogP contribution in [0.25, 0.3) is 0 Å². The van der Waals surface area contributed by atoms with E-state index in [0.717, 1.165) is 0 Å². The highest BCUT2D eigenvalue weighted by Crippen LogP contribution is 2.46. The van der Waals surface area contributed by atoms with Gasteiger partial charge in [0.2, 0.25) is 0 Å². The van der Waals surface area contributed by atoms with Crippen molar-refractivity contribution in [1.82, 2.24) is 0 Å². The van der Waals surface area contributed by atoms with Crippen molar-refractivity contribution in [2.24, 2.45) is 0 Å². The van der Waals surface area contributed by atoms with Gasteiger partial charge < -0.3 is 9.05 Å². The van der Waals surface area contributed by atoms with Crippen LogP contribution in [-0.2, 0) is 9.05 Å². The zero-order valence-electron chi connectivity index (χ0n) is 12.0. The van der Waals surface area contributed by atoms with Gasteiger partial charge >= 0.3 is 0 Å². The minimum Gasteiger partial charge on any atom is -0.359 e. The Balaban J connectivity index is 4.33. The normalized spacial score (nSPS) is 15.4. The van der Waals surface area contributed by atoms with E-state index in [1.165, 1.54) is 0 Å². The van der Waals surface area contributed by atoms with Gasteiger partial charge in [0.1, 0.15) is 0 Å². The SMILES string of the molecule is CC(C)OPC(C)(C)C(C)(C)OPC(C)C. The molecule has 98 valence electrons. The van der Waals surface area contributed by atoms with Gasteiger partial charge in [0.25, 0.3) is 0 Å². The zero-order valence-corrected chi connectivity index (χ0v) is 14.0. The molecular weight excluding hydrogens is 238 g/mol. The fraction of sp³-hybridized carbons (Fsp3) is 1.00. The van der Waals surface area contributed by atoms with E-state index in [-0.39, 0.29) is 10.8 Å². The molecule has 4 heteroatoms. The third kappa shape index (κ3) is 5.92. The average Bonchev–Trinajstić information content (AvgIpc) is 2.11. The minimum atomic E-state index is -0.136. The van der Waals surface area contributed by atoms with Gasteiger partial charge in [0.05, 0.1) is 11.7 Å². The highest BCUT2D eigenvalue weighted by molar-refractivity contribution is 7.35. The first-order valence-corrected chi connectivity index (χ1v) is 7.84. The molecule has 2 unspecified atom stereocenters. The smallest absolute Gasteiger partial charge is 0.0774 e. The predicted octanol–water partition coefficient (Wildman–Crippen LogP) is 4.58. The van der Waals surface area contributed by atoms with Crippen LogP contribution < -0.4 is 0 Å². The van der Waals surface area contributed by atoms with E-state index in [9.17, 15) is 0 Å². The van der Waals surface area contributed by atoms with E-state index < -0.39 is 0 Å². The van der Waals surface area contributed by atoms with Crippen molar-refractivity contribution in [1.29, 1.82) is 0 Å². The second-order valence-electron chi connectivity index (χ2n) is 5.78. The van der Waals surface area contributed by atoms with E-state index in [0.29, 0.717) is 29.4 Å². The molecular formula is C12H28O2P2. The van der Waals surface area contributed by atoms with Gasteiger partial charge in [-0.15, -0.1) is 0 Å². The Morgan fingerprint density at radius 2 is 1.44 bits per heavy atom. The van der Waals surface area contributed by atoms with Crippen molar-refractivity contribution in [3.63, 3.8) is 0 Å². The van der Waals surface area contributed by atoms with E-state index in [1.807, 2.05) is 0 Å². The Hall–Kier alpha value is 0.780. The van der Waals surface area contributed by atoms with Gasteiger partial charge in [-0.2, -0.15) is 0 Å². The van der Waals surface area contributed by atoms with Crippen molar-refractivity contribution in [2.75, 3.05) is 0 Å². The molecule has 0 aliphatic heterocycles. The molecule has 0 bridgehead atoms. The maximum atomic E-state index is 6.04. The zero-order chi connectivity index (χ0) is 13.0. The fourth-order valence-electron chi connectivity index (χ4n) is 0.781. The van der Waals surface area contributed by atoms with Crippen LogP contribution in [0.2, 0.25) is 0 Å². The molecule has 0 saturated heterocycles. The Morgan fingerprint density at radius 1 is 0.938 bits per heavy atom. The Kier molecular flexibility index (Phi) is 6.97. The summed E-state index contributed by atoms with van der Waals surface area (Å²) < 4.78 is 11.8. The highest BCUT2D eigenvalue weighted by Gasteiger charge is 2.39. The van der Waals surface area contributed by atoms with Crippen LogP contribution in [0.4, 0.5) is 0 Å². The molecule has 0 aromatic heterocycles. The first kappa shape index (κ1) is 16.8. The van der Waals surface area contributed by atoms with Crippen molar-refractivity contribution in [3.05, 3.63) is 0 Å². The Bertz CT molecular complexity index is 179. The quantitative estimate of drug-likeness (QED) is 0.628. The van der Waals surface area contributed by atoms with Gasteiger partial charge in [-0.25, -0.2) is 0 Å². The van der Waals surface area contributed by atoms with Gasteiger partial charge in [0, 0.05) is 22.8 Å². The van der Waals surface area contributed by atoms with Gasteiger partial charge in [-0.05, 0) is 33.4 Å². The molecule has 0 aromatic rings. The maximum Gasteiger partial charge on any atom is 0.0774 e. The van der Waals surface area contributed by atoms with Crippen LogP contribution in [0.15, 0.2) is 0 Å². The average molecular weight is 266 g/mol. The molecule has 0 radical (unpaired) electrons. The summed E-state index contributed by atoms with van der Waals surface area (Å²) in [6.45, 7) is 17.3. The number of rotatable bonds is 7. The summed E-state index contributed by atoms with van der Waals surface area (Å²) in [5, 5.41) is 0.0547. The lowest BCUT2D eigenvalue weighted by molar-refractivity contribution is 0.0879. The van der Waals surface area contributed by atoms with Gasteiger partial charge in [-0.1, -0.05) is 27.7 Å². The summed E-state index contributed by atoms with van der Waals surface area (Å²) in [6, 6.07) is 0. The number of hydrogen-bond acceptors (Lipinski definition) is 2. The van der Waals surface area contributed by atoms with E-state index in [2.05, 4.69) is 55.4 Å². The Morgan fingerprint density at radius 3 is 1.81 bits per heavy atom. The largest absolute Gasteiger partial charge is 0.359 e. The van der Waals surface area contributed by atoms with Crippen molar-refractivity contribution in [3.8, 4) is 0 Å². The summed E-state index contributed by atoms with van der Waals surface area (Å²) in [4.78, 5) is 0. The van der Waals surface area contributed by atoms with Gasteiger partial charge in [0.15, 0.2) is 0 Å². The maximum absolute atomic E-state index is 6.04. The van der Waals surface area contributed by atoms with Crippen LogP contribution in [0.1, 0.15) is 55.4 Å². The molecule has 0 N–H and O–H groups in total. The second-order valence-corrected chi connectivity index (χ2v) is 9.06. The standard InChI is InChI=1S/C12H28O2P2/c1-9(2)13-16-12(7,8)11(5,6)14-15-10(3)4/h9-10,15-16H,1-8H3. The molecule has 0 amide bonds. The second kappa shape index (κ2) is 6.64. The molecule has 0 fully saturated rings. The summed E-state index contributed by atoms with van der Waals surface area (Å²) in [5.74, 6) is 0. The van der Waals surface area contributed by atoms with Gasteiger partial charge in [-0.3, -0.25) is 0 Å². The van der Waals surface area contributed by atoms with Crippen molar-refractivity contribution < 1.29 is 9.05 Å². The lowest BCUT2D eigenvalue weighted by Gasteiger charge is -2.41. The lowest BCUT2D eigenvalue weighted by Crippen LogP contribution is -2.42. The molecule has 2 atom stereocenters. The third-order valence-corrected chi connectivity index (χ3v) is 5.41. The first-order valence-electron chi connectivity index (χ1n) is 5.95. The van der Waals surface area contributed by atoms with Crippen molar-refractivity contribution >= 4 is 17.6 Å². The highest BCUT2D eigenvalue weighted by atomic mass is 31.1. The number of hydrogen-bond donors (Lipinski definition) is 0. The van der Waals surface area contributed by atoms with E-state index in [1.54, 1.807) is 0 Å². The third-order valence-electron chi connectivity index (χ3n) is 2.60.